The van der Waals surface area contributed by atoms with E-state index in [9.17, 15) is 0 Å². The zero-order chi connectivity index (χ0) is 15.4. The van der Waals surface area contributed by atoms with Crippen molar-refractivity contribution < 1.29 is 0 Å². The van der Waals surface area contributed by atoms with Gasteiger partial charge in [-0.05, 0) is 0 Å². The van der Waals surface area contributed by atoms with Crippen LogP contribution in [0, 0.1) is 0 Å². The third-order valence-electron chi connectivity index (χ3n) is 4.55. The van der Waals surface area contributed by atoms with Crippen LogP contribution >= 0.6 is 0 Å². The number of hydrogen-bond donors (Lipinski definition) is 0. The predicted octanol–water partition coefficient (Wildman–Crippen LogP) is 4.35. The Kier molecular flexibility index (Phi) is 4.01. The van der Waals surface area contributed by atoms with Gasteiger partial charge in [-0.3, -0.25) is 0 Å². The van der Waals surface area contributed by atoms with Crippen molar-refractivity contribution in [3.63, 3.8) is 0 Å². The van der Waals surface area contributed by atoms with E-state index in [2.05, 4.69) is 66.0 Å². The minimum atomic E-state index is -2.13. The van der Waals surface area contributed by atoms with Gasteiger partial charge in [-0.15, -0.1) is 0 Å². The standard InChI is InChI=1S/C13H8.6CH3.2Sn/c1-3-7-12-10(5-1)9-11-6-2-4-8-13(11)12;;;;;;;;/h1,3-5,7-8H,9H2;6*1H3;;. The summed E-state index contributed by atoms with van der Waals surface area (Å²) in [6.07, 6.45) is 1.17. The van der Waals surface area contributed by atoms with Gasteiger partial charge < -0.3 is 0 Å². The molecule has 0 N–H and O–H groups in total. The molecular formula is C19H26Sn2. The van der Waals surface area contributed by atoms with Crippen molar-refractivity contribution in [2.75, 3.05) is 0 Å². The number of rotatable bonds is 2. The van der Waals surface area contributed by atoms with Crippen LogP contribution in [0.3, 0.4) is 0 Å². The van der Waals surface area contributed by atoms with Gasteiger partial charge >= 0.3 is 139 Å². The fourth-order valence-electron chi connectivity index (χ4n) is 3.69. The first-order valence-electron chi connectivity index (χ1n) is 7.95. The van der Waals surface area contributed by atoms with Gasteiger partial charge in [0.25, 0.3) is 0 Å². The monoisotopic (exact) mass is 494 g/mol. The van der Waals surface area contributed by atoms with Crippen LogP contribution in [-0.4, -0.2) is 36.8 Å². The van der Waals surface area contributed by atoms with Crippen LogP contribution in [-0.2, 0) is 6.42 Å². The van der Waals surface area contributed by atoms with E-state index in [-0.39, 0.29) is 0 Å². The van der Waals surface area contributed by atoms with Gasteiger partial charge in [-0.2, -0.15) is 0 Å². The van der Waals surface area contributed by atoms with Crippen molar-refractivity contribution in [2.45, 2.75) is 36.1 Å². The summed E-state index contributed by atoms with van der Waals surface area (Å²) >= 11 is -4.19. The fourth-order valence-corrected chi connectivity index (χ4v) is 28.1. The van der Waals surface area contributed by atoms with Crippen LogP contribution < -0.4 is 7.16 Å². The molecule has 0 radical (unpaired) electrons. The van der Waals surface area contributed by atoms with E-state index in [1.165, 1.54) is 23.1 Å². The zero-order valence-corrected chi connectivity index (χ0v) is 19.9. The zero-order valence-electron chi connectivity index (χ0n) is 14.2. The molecule has 3 rings (SSSR count). The van der Waals surface area contributed by atoms with Gasteiger partial charge in [-0.1, -0.05) is 0 Å². The molecule has 0 saturated carbocycles. The van der Waals surface area contributed by atoms with Crippen molar-refractivity contribution in [3.05, 3.63) is 47.5 Å². The van der Waals surface area contributed by atoms with Crippen molar-refractivity contribution in [2.24, 2.45) is 0 Å². The second-order valence-corrected chi connectivity index (χ2v) is 37.0. The molecule has 2 aromatic rings. The van der Waals surface area contributed by atoms with Gasteiger partial charge in [0, 0.05) is 0 Å². The summed E-state index contributed by atoms with van der Waals surface area (Å²) in [5.74, 6) is 0. The average molecular weight is 492 g/mol. The van der Waals surface area contributed by atoms with Crippen LogP contribution in [0.5, 0.6) is 0 Å². The molecule has 0 nitrogen and oxygen atoms in total. The fraction of sp³-hybridized carbons (Fsp3) is 0.368. The topological polar surface area (TPSA) is 0 Å². The Balaban J connectivity index is 2.31. The minimum absolute atomic E-state index is 1.17. The van der Waals surface area contributed by atoms with Gasteiger partial charge in [0.2, 0.25) is 0 Å². The molecule has 2 heteroatoms. The molecule has 0 fully saturated rings. The van der Waals surface area contributed by atoms with Crippen molar-refractivity contribution in [1.29, 1.82) is 0 Å². The van der Waals surface area contributed by atoms with Gasteiger partial charge in [0.05, 0.1) is 0 Å². The van der Waals surface area contributed by atoms with Crippen molar-refractivity contribution in [3.8, 4) is 11.1 Å². The van der Waals surface area contributed by atoms with Crippen LogP contribution in [0.25, 0.3) is 11.1 Å². The van der Waals surface area contributed by atoms with E-state index in [0.29, 0.717) is 0 Å². The Hall–Kier alpha value is 0.0374. The van der Waals surface area contributed by atoms with E-state index in [4.69, 9.17) is 0 Å². The van der Waals surface area contributed by atoms with Gasteiger partial charge in [0.1, 0.15) is 0 Å². The molecule has 110 valence electrons. The summed E-state index contributed by atoms with van der Waals surface area (Å²) < 4.78 is 3.67. The molecule has 0 spiro atoms. The Morgan fingerprint density at radius 3 is 2.00 bits per heavy atom. The predicted molar refractivity (Wildman–Crippen MR) is 101 cm³/mol. The number of fused-ring (bicyclic) bond motifs is 3. The third kappa shape index (κ3) is 2.83. The summed E-state index contributed by atoms with van der Waals surface area (Å²) in [6, 6.07) is 13.9. The molecule has 21 heavy (non-hydrogen) atoms. The first-order valence-corrected chi connectivity index (χ1v) is 27.9. The molecule has 0 bridgehead atoms. The summed E-state index contributed by atoms with van der Waals surface area (Å²) in [5, 5.41) is 0. The summed E-state index contributed by atoms with van der Waals surface area (Å²) in [4.78, 5) is 15.5. The van der Waals surface area contributed by atoms with E-state index in [1.807, 2.05) is 3.58 Å². The van der Waals surface area contributed by atoms with Gasteiger partial charge in [0.15, 0.2) is 0 Å². The molecule has 1 aliphatic carbocycles. The maximum absolute atomic E-state index is 2.59. The molecule has 0 heterocycles. The Bertz CT molecular complexity index is 700. The van der Waals surface area contributed by atoms with E-state index < -0.39 is 36.8 Å². The number of benzene rings is 2. The molecule has 0 aromatic heterocycles. The first-order chi connectivity index (χ1) is 9.69. The van der Waals surface area contributed by atoms with Crippen LogP contribution in [0.15, 0.2) is 36.4 Å². The quantitative estimate of drug-likeness (QED) is 0.468. The van der Waals surface area contributed by atoms with E-state index >= 15 is 0 Å². The van der Waals surface area contributed by atoms with E-state index in [0.717, 1.165) is 0 Å². The average Bonchev–Trinajstić information content (AvgIpc) is 2.73. The maximum atomic E-state index is 2.59. The van der Waals surface area contributed by atoms with Gasteiger partial charge in [-0.25, -0.2) is 0 Å². The molecule has 0 atom stereocenters. The van der Waals surface area contributed by atoms with Crippen molar-refractivity contribution >= 4 is 43.9 Å². The molecule has 0 unspecified atom stereocenters. The Morgan fingerprint density at radius 2 is 1.38 bits per heavy atom. The molecule has 0 saturated heterocycles. The summed E-state index contributed by atoms with van der Waals surface area (Å²) in [7, 11) is 0. The Labute approximate surface area is 137 Å². The molecule has 0 amide bonds. The molecule has 2 aromatic carbocycles. The first kappa shape index (κ1) is 15.9. The molecular weight excluding hydrogens is 466 g/mol. The summed E-state index contributed by atoms with van der Waals surface area (Å²) in [6.45, 7) is 0. The van der Waals surface area contributed by atoms with E-state index in [1.54, 1.807) is 9.14 Å². The number of hydrogen-bond acceptors (Lipinski definition) is 0. The second kappa shape index (κ2) is 5.29. The third-order valence-corrected chi connectivity index (χ3v) is 18.3. The Morgan fingerprint density at radius 1 is 0.714 bits per heavy atom. The second-order valence-electron chi connectivity index (χ2n) is 8.35. The van der Waals surface area contributed by atoms with Crippen LogP contribution in [0.4, 0.5) is 0 Å². The SMILES string of the molecule is [CH3][Sn]([CH3])([CH3])[c]1ccc2c([c]1[Sn]([CH3])([CH3])[CH3])Cc1ccccc1-2. The molecule has 0 aliphatic heterocycles. The van der Waals surface area contributed by atoms with Crippen molar-refractivity contribution in [1.82, 2.24) is 0 Å². The summed E-state index contributed by atoms with van der Waals surface area (Å²) in [5.41, 5.74) is 6.25. The normalized spacial score (nSPS) is 14.0. The van der Waals surface area contributed by atoms with Crippen LogP contribution in [0.1, 0.15) is 11.1 Å². The molecule has 1 aliphatic rings. The van der Waals surface area contributed by atoms with Crippen LogP contribution in [0.2, 0.25) is 29.6 Å².